The molecule has 0 unspecified atom stereocenters. The van der Waals surface area contributed by atoms with Crippen LogP contribution in [0.3, 0.4) is 0 Å². The molecule has 0 amide bonds. The van der Waals surface area contributed by atoms with Crippen LogP contribution in [-0.4, -0.2) is 21.9 Å². The summed E-state index contributed by atoms with van der Waals surface area (Å²) in [6.45, 7) is 0.532. The first kappa shape index (κ1) is 15.4. The standard InChI is InChI=1S/C12H11Cl3N4S/c1-16-12(20)17-11-10(15)6-19(18-11)5-7-2-3-8(13)9(14)4-7/h2-4,6H,5H2,1H3,(H2,16,17,18,20). The highest BCUT2D eigenvalue weighted by Crippen LogP contribution is 2.24. The van der Waals surface area contributed by atoms with Crippen molar-refractivity contribution in [2.75, 3.05) is 12.4 Å². The summed E-state index contributed by atoms with van der Waals surface area (Å²) in [5, 5.41) is 12.0. The predicted octanol–water partition coefficient (Wildman–Crippen LogP) is 3.81. The molecule has 0 radical (unpaired) electrons. The topological polar surface area (TPSA) is 41.9 Å². The summed E-state index contributed by atoms with van der Waals surface area (Å²) in [5.74, 6) is 0.506. The SMILES string of the molecule is CNC(=S)Nc1nn(Cc2ccc(Cl)c(Cl)c2)cc1Cl. The van der Waals surface area contributed by atoms with E-state index in [1.54, 1.807) is 30.1 Å². The molecule has 4 nitrogen and oxygen atoms in total. The van der Waals surface area contributed by atoms with E-state index in [2.05, 4.69) is 15.7 Å². The molecule has 2 N–H and O–H groups in total. The van der Waals surface area contributed by atoms with Crippen molar-refractivity contribution in [1.29, 1.82) is 0 Å². The van der Waals surface area contributed by atoms with Crippen LogP contribution in [0.2, 0.25) is 15.1 Å². The van der Waals surface area contributed by atoms with E-state index in [1.807, 2.05) is 6.07 Å². The zero-order chi connectivity index (χ0) is 14.7. The lowest BCUT2D eigenvalue weighted by Gasteiger charge is -2.05. The van der Waals surface area contributed by atoms with E-state index >= 15 is 0 Å². The number of nitrogens with zero attached hydrogens (tertiary/aromatic N) is 2. The van der Waals surface area contributed by atoms with E-state index in [4.69, 9.17) is 47.0 Å². The molecule has 0 atom stereocenters. The first-order valence-corrected chi connectivity index (χ1v) is 7.19. The normalized spacial score (nSPS) is 10.4. The maximum atomic E-state index is 6.09. The van der Waals surface area contributed by atoms with Crippen molar-refractivity contribution >= 4 is 58.0 Å². The third kappa shape index (κ3) is 3.76. The molecule has 0 aliphatic carbocycles. The Bertz CT molecular complexity index is 642. The van der Waals surface area contributed by atoms with Gasteiger partial charge in [-0.25, -0.2) is 0 Å². The van der Waals surface area contributed by atoms with Gasteiger partial charge < -0.3 is 10.6 Å². The summed E-state index contributed by atoms with van der Waals surface area (Å²) in [4.78, 5) is 0. The average Bonchev–Trinajstić information content (AvgIpc) is 2.74. The zero-order valence-electron chi connectivity index (χ0n) is 10.5. The molecule has 106 valence electrons. The molecule has 20 heavy (non-hydrogen) atoms. The third-order valence-electron chi connectivity index (χ3n) is 2.50. The Hall–Kier alpha value is -1.01. The summed E-state index contributed by atoms with van der Waals surface area (Å²) < 4.78 is 1.70. The van der Waals surface area contributed by atoms with Gasteiger partial charge in [0.05, 0.1) is 16.6 Å². The summed E-state index contributed by atoms with van der Waals surface area (Å²) in [6.07, 6.45) is 1.71. The number of rotatable bonds is 3. The number of nitrogens with one attached hydrogen (secondary N) is 2. The molecule has 0 fully saturated rings. The molecule has 0 spiro atoms. The second-order valence-corrected chi connectivity index (χ2v) is 5.61. The van der Waals surface area contributed by atoms with Crippen LogP contribution in [0.4, 0.5) is 5.82 Å². The Labute approximate surface area is 137 Å². The molecule has 1 aromatic heterocycles. The Morgan fingerprint density at radius 1 is 1.25 bits per heavy atom. The number of halogens is 3. The van der Waals surface area contributed by atoms with E-state index in [9.17, 15) is 0 Å². The zero-order valence-corrected chi connectivity index (χ0v) is 13.5. The molecule has 0 aliphatic heterocycles. The van der Waals surface area contributed by atoms with Crippen LogP contribution in [0, 0.1) is 0 Å². The molecule has 2 rings (SSSR count). The van der Waals surface area contributed by atoms with Gasteiger partial charge >= 0.3 is 0 Å². The van der Waals surface area contributed by atoms with Crippen LogP contribution in [-0.2, 0) is 6.54 Å². The summed E-state index contributed by atoms with van der Waals surface area (Å²) >= 11 is 23.0. The van der Waals surface area contributed by atoms with Gasteiger partial charge in [0.2, 0.25) is 0 Å². The smallest absolute Gasteiger partial charge is 0.173 e. The van der Waals surface area contributed by atoms with E-state index in [-0.39, 0.29) is 0 Å². The second-order valence-electron chi connectivity index (χ2n) is 3.98. The van der Waals surface area contributed by atoms with Gasteiger partial charge in [-0.2, -0.15) is 5.10 Å². The fourth-order valence-corrected chi connectivity index (χ4v) is 2.17. The van der Waals surface area contributed by atoms with Gasteiger partial charge in [0.15, 0.2) is 10.9 Å². The first-order valence-electron chi connectivity index (χ1n) is 5.65. The molecule has 1 heterocycles. The van der Waals surface area contributed by atoms with Gasteiger partial charge in [-0.1, -0.05) is 40.9 Å². The molecule has 8 heteroatoms. The lowest BCUT2D eigenvalue weighted by Crippen LogP contribution is -2.24. The first-order chi connectivity index (χ1) is 9.49. The maximum Gasteiger partial charge on any atom is 0.173 e. The van der Waals surface area contributed by atoms with E-state index in [0.717, 1.165) is 5.56 Å². The molecule has 1 aromatic carbocycles. The minimum absolute atomic E-state index is 0.451. The summed E-state index contributed by atoms with van der Waals surface area (Å²) in [7, 11) is 1.72. The molecule has 2 aromatic rings. The third-order valence-corrected chi connectivity index (χ3v) is 3.83. The molecule has 0 bridgehead atoms. The van der Waals surface area contributed by atoms with Crippen molar-refractivity contribution in [2.45, 2.75) is 6.54 Å². The Morgan fingerprint density at radius 2 is 2.00 bits per heavy atom. The van der Waals surface area contributed by atoms with Gasteiger partial charge in [-0.3, -0.25) is 4.68 Å². The van der Waals surface area contributed by atoms with Crippen LogP contribution in [0.5, 0.6) is 0 Å². The van der Waals surface area contributed by atoms with Gasteiger partial charge in [-0.15, -0.1) is 0 Å². The lowest BCUT2D eigenvalue weighted by molar-refractivity contribution is 0.690. The largest absolute Gasteiger partial charge is 0.365 e. The van der Waals surface area contributed by atoms with Gasteiger partial charge in [0.1, 0.15) is 5.02 Å². The number of benzene rings is 1. The Morgan fingerprint density at radius 3 is 2.65 bits per heavy atom. The Balaban J connectivity index is 2.15. The van der Waals surface area contributed by atoms with Crippen molar-refractivity contribution in [2.24, 2.45) is 0 Å². The molecule has 0 saturated carbocycles. The summed E-state index contributed by atoms with van der Waals surface area (Å²) in [5.41, 5.74) is 0.973. The van der Waals surface area contributed by atoms with Gasteiger partial charge in [0, 0.05) is 13.2 Å². The van der Waals surface area contributed by atoms with Crippen molar-refractivity contribution < 1.29 is 0 Å². The minimum Gasteiger partial charge on any atom is -0.365 e. The quantitative estimate of drug-likeness (QED) is 0.827. The van der Waals surface area contributed by atoms with Gasteiger partial charge in [-0.05, 0) is 29.9 Å². The lowest BCUT2D eigenvalue weighted by atomic mass is 10.2. The Kier molecular flexibility index (Phi) is 5.10. The van der Waals surface area contributed by atoms with Crippen molar-refractivity contribution in [3.8, 4) is 0 Å². The molecular weight excluding hydrogens is 339 g/mol. The maximum absolute atomic E-state index is 6.09. The summed E-state index contributed by atoms with van der Waals surface area (Å²) in [6, 6.07) is 5.43. The van der Waals surface area contributed by atoms with Crippen LogP contribution in [0.25, 0.3) is 0 Å². The van der Waals surface area contributed by atoms with Crippen molar-refractivity contribution in [3.63, 3.8) is 0 Å². The van der Waals surface area contributed by atoms with E-state index in [0.29, 0.717) is 32.5 Å². The van der Waals surface area contributed by atoms with Crippen molar-refractivity contribution in [1.82, 2.24) is 15.1 Å². The van der Waals surface area contributed by atoms with Crippen LogP contribution < -0.4 is 10.6 Å². The number of thiocarbonyl (C=S) groups is 1. The van der Waals surface area contributed by atoms with Crippen LogP contribution >= 0.6 is 47.0 Å². The highest BCUT2D eigenvalue weighted by atomic mass is 35.5. The molecule has 0 aliphatic rings. The monoisotopic (exact) mass is 348 g/mol. The minimum atomic E-state index is 0.451. The fourth-order valence-electron chi connectivity index (χ4n) is 1.56. The number of hydrogen-bond acceptors (Lipinski definition) is 2. The number of hydrogen-bond donors (Lipinski definition) is 2. The number of anilines is 1. The van der Waals surface area contributed by atoms with Crippen LogP contribution in [0.1, 0.15) is 5.56 Å². The molecular formula is C12H11Cl3N4S. The fraction of sp³-hybridized carbons (Fsp3) is 0.167. The molecule has 0 saturated heterocycles. The van der Waals surface area contributed by atoms with Crippen LogP contribution in [0.15, 0.2) is 24.4 Å². The highest BCUT2D eigenvalue weighted by molar-refractivity contribution is 7.80. The van der Waals surface area contributed by atoms with Gasteiger partial charge in [0.25, 0.3) is 0 Å². The second kappa shape index (κ2) is 6.63. The van der Waals surface area contributed by atoms with E-state index < -0.39 is 0 Å². The predicted molar refractivity (Wildman–Crippen MR) is 88.1 cm³/mol. The number of aromatic nitrogens is 2. The highest BCUT2D eigenvalue weighted by Gasteiger charge is 2.09. The van der Waals surface area contributed by atoms with E-state index in [1.165, 1.54) is 0 Å². The average molecular weight is 350 g/mol. The van der Waals surface area contributed by atoms with Crippen molar-refractivity contribution in [3.05, 3.63) is 45.0 Å².